The summed E-state index contributed by atoms with van der Waals surface area (Å²) in [7, 11) is -3.92. The highest BCUT2D eigenvalue weighted by atomic mass is 32.2. The standard InChI is InChI=1S/C19H13F3N2O3S/c20-19(21,22)13-6-3-7-14(10-13)23-17(25)11-24-15-8-1-4-12-5-2-9-16(18(12)15)28(24,26)27/h1-10H,11H2,(H,23,25). The van der Waals surface area contributed by atoms with E-state index in [9.17, 15) is 26.4 Å². The molecule has 5 nitrogen and oxygen atoms in total. The van der Waals surface area contributed by atoms with Crippen LogP contribution in [0.25, 0.3) is 10.8 Å². The van der Waals surface area contributed by atoms with Gasteiger partial charge in [-0.05, 0) is 35.7 Å². The van der Waals surface area contributed by atoms with Crippen LogP contribution in [-0.4, -0.2) is 20.9 Å². The van der Waals surface area contributed by atoms with Crippen molar-refractivity contribution in [1.29, 1.82) is 0 Å². The topological polar surface area (TPSA) is 66.5 Å². The molecule has 0 radical (unpaired) electrons. The van der Waals surface area contributed by atoms with E-state index in [0.29, 0.717) is 11.1 Å². The Bertz CT molecular complexity index is 1200. The molecule has 4 rings (SSSR count). The van der Waals surface area contributed by atoms with E-state index in [1.807, 2.05) is 0 Å². The van der Waals surface area contributed by atoms with Gasteiger partial charge in [-0.25, -0.2) is 8.42 Å². The summed E-state index contributed by atoms with van der Waals surface area (Å²) in [6.45, 7) is -0.549. The maximum Gasteiger partial charge on any atom is 0.416 e. The molecule has 1 heterocycles. The molecule has 1 aliphatic heterocycles. The van der Waals surface area contributed by atoms with Crippen molar-refractivity contribution < 1.29 is 26.4 Å². The van der Waals surface area contributed by atoms with Crippen molar-refractivity contribution in [3.05, 3.63) is 66.2 Å². The quantitative estimate of drug-likeness (QED) is 0.715. The molecule has 28 heavy (non-hydrogen) atoms. The highest BCUT2D eigenvalue weighted by Gasteiger charge is 2.36. The number of sulfonamides is 1. The molecular weight excluding hydrogens is 393 g/mol. The molecule has 0 saturated heterocycles. The monoisotopic (exact) mass is 406 g/mol. The van der Waals surface area contributed by atoms with Gasteiger partial charge in [0, 0.05) is 11.1 Å². The summed E-state index contributed by atoms with van der Waals surface area (Å²) in [5.74, 6) is -0.743. The predicted octanol–water partition coefficient (Wildman–Crippen LogP) is 4.01. The van der Waals surface area contributed by atoms with Gasteiger partial charge in [0.25, 0.3) is 10.0 Å². The molecule has 144 valence electrons. The van der Waals surface area contributed by atoms with E-state index in [2.05, 4.69) is 5.32 Å². The maximum absolute atomic E-state index is 12.8. The minimum absolute atomic E-state index is 0.0628. The number of carbonyl (C=O) groups excluding carboxylic acids is 1. The molecule has 3 aromatic carbocycles. The zero-order chi connectivity index (χ0) is 20.1. The van der Waals surface area contributed by atoms with E-state index in [-0.39, 0.29) is 10.6 Å². The van der Waals surface area contributed by atoms with E-state index in [1.165, 1.54) is 18.2 Å². The maximum atomic E-state index is 12.8. The van der Waals surface area contributed by atoms with Crippen molar-refractivity contribution >= 4 is 38.1 Å². The molecule has 0 bridgehead atoms. The van der Waals surface area contributed by atoms with Crippen molar-refractivity contribution in [3.63, 3.8) is 0 Å². The first-order valence-electron chi connectivity index (χ1n) is 8.19. The Morgan fingerprint density at radius 3 is 2.39 bits per heavy atom. The third-order valence-electron chi connectivity index (χ3n) is 4.44. The van der Waals surface area contributed by atoms with Crippen LogP contribution in [0.4, 0.5) is 24.5 Å². The molecule has 0 atom stereocenters. The summed E-state index contributed by atoms with van der Waals surface area (Å²) in [6, 6.07) is 14.0. The molecule has 0 saturated carbocycles. The predicted molar refractivity (Wildman–Crippen MR) is 98.6 cm³/mol. The summed E-state index contributed by atoms with van der Waals surface area (Å²) >= 11 is 0. The third-order valence-corrected chi connectivity index (χ3v) is 6.24. The second kappa shape index (κ2) is 6.23. The van der Waals surface area contributed by atoms with Crippen molar-refractivity contribution in [2.75, 3.05) is 16.2 Å². The highest BCUT2D eigenvalue weighted by molar-refractivity contribution is 7.93. The highest BCUT2D eigenvalue weighted by Crippen LogP contribution is 2.41. The number of halogens is 3. The Morgan fingerprint density at radius 1 is 1.00 bits per heavy atom. The SMILES string of the molecule is O=C(CN1c2cccc3cccc(c23)S1(=O)=O)Nc1cccc(C(F)(F)F)c1. The van der Waals surface area contributed by atoms with Gasteiger partial charge in [-0.2, -0.15) is 13.2 Å². The first kappa shape index (κ1) is 18.3. The summed E-state index contributed by atoms with van der Waals surface area (Å²) in [5, 5.41) is 3.58. The van der Waals surface area contributed by atoms with Crippen LogP contribution in [0.15, 0.2) is 65.6 Å². The van der Waals surface area contributed by atoms with Gasteiger partial charge >= 0.3 is 6.18 Å². The average Bonchev–Trinajstić information content (AvgIpc) is 2.85. The van der Waals surface area contributed by atoms with Crippen LogP contribution < -0.4 is 9.62 Å². The van der Waals surface area contributed by atoms with Gasteiger partial charge in [0.05, 0.1) is 16.1 Å². The van der Waals surface area contributed by atoms with Crippen LogP contribution in [0.1, 0.15) is 5.56 Å². The van der Waals surface area contributed by atoms with E-state index >= 15 is 0 Å². The largest absolute Gasteiger partial charge is 0.416 e. The Kier molecular flexibility index (Phi) is 4.07. The molecule has 1 N–H and O–H groups in total. The third kappa shape index (κ3) is 2.97. The normalized spacial score (nSPS) is 15.0. The minimum Gasteiger partial charge on any atom is -0.325 e. The van der Waals surface area contributed by atoms with Gasteiger partial charge in [0.2, 0.25) is 5.91 Å². The Labute approximate surface area is 158 Å². The van der Waals surface area contributed by atoms with E-state index in [1.54, 1.807) is 30.3 Å². The number of nitrogens with one attached hydrogen (secondary N) is 1. The number of hydrogen-bond donors (Lipinski definition) is 1. The second-order valence-corrected chi connectivity index (χ2v) is 8.10. The summed E-state index contributed by atoms with van der Waals surface area (Å²) in [5.41, 5.74) is -0.601. The number of benzene rings is 3. The van der Waals surface area contributed by atoms with Crippen molar-refractivity contribution in [1.82, 2.24) is 0 Å². The smallest absolute Gasteiger partial charge is 0.325 e. The molecule has 0 aromatic heterocycles. The molecule has 1 amide bonds. The molecular formula is C19H13F3N2O3S. The van der Waals surface area contributed by atoms with Crippen LogP contribution >= 0.6 is 0 Å². The summed E-state index contributed by atoms with van der Waals surface area (Å²) in [4.78, 5) is 12.5. The molecule has 0 fully saturated rings. The Balaban J connectivity index is 1.62. The van der Waals surface area contributed by atoms with Crippen LogP contribution in [0.3, 0.4) is 0 Å². The summed E-state index contributed by atoms with van der Waals surface area (Å²) < 4.78 is 65.1. The van der Waals surface area contributed by atoms with Gasteiger partial charge in [-0.15, -0.1) is 0 Å². The molecule has 0 spiro atoms. The summed E-state index contributed by atoms with van der Waals surface area (Å²) in [6.07, 6.45) is -4.55. The number of rotatable bonds is 3. The van der Waals surface area contributed by atoms with Crippen LogP contribution in [0, 0.1) is 0 Å². The van der Waals surface area contributed by atoms with E-state index in [4.69, 9.17) is 0 Å². The van der Waals surface area contributed by atoms with Gasteiger partial charge < -0.3 is 5.32 Å². The lowest BCUT2D eigenvalue weighted by molar-refractivity contribution is -0.137. The van der Waals surface area contributed by atoms with Crippen molar-refractivity contribution in [2.24, 2.45) is 0 Å². The lowest BCUT2D eigenvalue weighted by Crippen LogP contribution is -2.35. The number of alkyl halides is 3. The Hall–Kier alpha value is -3.07. The molecule has 9 heteroatoms. The first-order chi connectivity index (χ1) is 13.2. The molecule has 0 aliphatic carbocycles. The number of nitrogens with zero attached hydrogens (tertiary/aromatic N) is 1. The minimum atomic E-state index is -4.55. The van der Waals surface area contributed by atoms with Gasteiger partial charge in [-0.3, -0.25) is 9.10 Å². The fraction of sp³-hybridized carbons (Fsp3) is 0.105. The molecule has 3 aromatic rings. The second-order valence-electron chi connectivity index (χ2n) is 6.27. The number of amides is 1. The zero-order valence-electron chi connectivity index (χ0n) is 14.2. The van der Waals surface area contributed by atoms with Crippen LogP contribution in [-0.2, 0) is 21.0 Å². The number of carbonyl (C=O) groups is 1. The average molecular weight is 406 g/mol. The number of anilines is 2. The van der Waals surface area contributed by atoms with Crippen molar-refractivity contribution in [2.45, 2.75) is 11.1 Å². The Morgan fingerprint density at radius 2 is 1.68 bits per heavy atom. The van der Waals surface area contributed by atoms with Gasteiger partial charge in [-0.1, -0.05) is 30.3 Å². The van der Waals surface area contributed by atoms with Crippen LogP contribution in [0.2, 0.25) is 0 Å². The molecule has 0 unspecified atom stereocenters. The first-order valence-corrected chi connectivity index (χ1v) is 9.63. The van der Waals surface area contributed by atoms with Gasteiger partial charge in [0.1, 0.15) is 6.54 Å². The fourth-order valence-electron chi connectivity index (χ4n) is 3.23. The fourth-order valence-corrected chi connectivity index (χ4v) is 4.90. The lowest BCUT2D eigenvalue weighted by atomic mass is 10.1. The van der Waals surface area contributed by atoms with Crippen LogP contribution in [0.5, 0.6) is 0 Å². The van der Waals surface area contributed by atoms with Crippen molar-refractivity contribution in [3.8, 4) is 0 Å². The zero-order valence-corrected chi connectivity index (χ0v) is 15.0. The van der Waals surface area contributed by atoms with E-state index < -0.39 is 34.2 Å². The lowest BCUT2D eigenvalue weighted by Gasteiger charge is -2.18. The van der Waals surface area contributed by atoms with E-state index in [0.717, 1.165) is 21.8 Å². The number of hydrogen-bond acceptors (Lipinski definition) is 3. The molecule has 1 aliphatic rings. The van der Waals surface area contributed by atoms with Gasteiger partial charge in [0.15, 0.2) is 0 Å².